The fraction of sp³-hybridized carbons (Fsp3) is 0.273. The summed E-state index contributed by atoms with van der Waals surface area (Å²) in [6.07, 6.45) is 8.72. The van der Waals surface area contributed by atoms with Crippen molar-refractivity contribution in [2.24, 2.45) is 0 Å². The van der Waals surface area contributed by atoms with E-state index in [0.717, 1.165) is 31.2 Å². The molecule has 0 bridgehead atoms. The highest BCUT2D eigenvalue weighted by molar-refractivity contribution is 6.34. The molecule has 0 unspecified atom stereocenters. The van der Waals surface area contributed by atoms with Gasteiger partial charge in [-0.15, -0.1) is 0 Å². The van der Waals surface area contributed by atoms with Crippen LogP contribution in [0.25, 0.3) is 6.08 Å². The summed E-state index contributed by atoms with van der Waals surface area (Å²) in [5.41, 5.74) is 1.86. The van der Waals surface area contributed by atoms with Crippen molar-refractivity contribution >= 4 is 35.2 Å². The first-order valence-corrected chi connectivity index (χ1v) is 9.64. The fourth-order valence-electron chi connectivity index (χ4n) is 3.21. The molecule has 0 spiro atoms. The van der Waals surface area contributed by atoms with Gasteiger partial charge in [-0.1, -0.05) is 61.2 Å². The second kappa shape index (κ2) is 9.38. The van der Waals surface area contributed by atoms with Crippen LogP contribution in [0.5, 0.6) is 0 Å². The molecule has 0 aromatic heterocycles. The molecular formula is C22H23ClN2O2. The Balaban J connectivity index is 1.64. The van der Waals surface area contributed by atoms with Gasteiger partial charge in [-0.25, -0.2) is 0 Å². The van der Waals surface area contributed by atoms with E-state index in [1.54, 1.807) is 24.3 Å². The Morgan fingerprint density at radius 1 is 1.00 bits per heavy atom. The molecule has 1 aliphatic rings. The number of hydrogen-bond donors (Lipinski definition) is 2. The summed E-state index contributed by atoms with van der Waals surface area (Å²) in [4.78, 5) is 24.7. The summed E-state index contributed by atoms with van der Waals surface area (Å²) in [6.45, 7) is 0. The molecule has 27 heavy (non-hydrogen) atoms. The van der Waals surface area contributed by atoms with Crippen LogP contribution in [-0.4, -0.2) is 17.9 Å². The van der Waals surface area contributed by atoms with Crippen molar-refractivity contribution in [2.45, 2.75) is 38.1 Å². The van der Waals surface area contributed by atoms with E-state index < -0.39 is 0 Å². The Morgan fingerprint density at radius 3 is 2.48 bits per heavy atom. The van der Waals surface area contributed by atoms with Crippen molar-refractivity contribution in [1.82, 2.24) is 5.32 Å². The van der Waals surface area contributed by atoms with Crippen LogP contribution in [0.15, 0.2) is 54.6 Å². The van der Waals surface area contributed by atoms with Crippen LogP contribution in [-0.2, 0) is 4.79 Å². The lowest BCUT2D eigenvalue weighted by atomic mass is 9.95. The van der Waals surface area contributed by atoms with Gasteiger partial charge in [0.25, 0.3) is 5.91 Å². The van der Waals surface area contributed by atoms with Gasteiger partial charge in [0.2, 0.25) is 5.91 Å². The number of anilines is 1. The number of hydrogen-bond acceptors (Lipinski definition) is 2. The summed E-state index contributed by atoms with van der Waals surface area (Å²) >= 11 is 6.20. The van der Waals surface area contributed by atoms with Gasteiger partial charge in [0.05, 0.1) is 10.6 Å². The van der Waals surface area contributed by atoms with Gasteiger partial charge in [0.1, 0.15) is 0 Å². The summed E-state index contributed by atoms with van der Waals surface area (Å²) < 4.78 is 0. The van der Waals surface area contributed by atoms with Crippen LogP contribution in [0, 0.1) is 0 Å². The van der Waals surface area contributed by atoms with Crippen LogP contribution in [0.1, 0.15) is 48.0 Å². The maximum atomic E-state index is 12.6. The van der Waals surface area contributed by atoms with Crippen molar-refractivity contribution in [3.8, 4) is 0 Å². The maximum Gasteiger partial charge on any atom is 0.253 e. The number of carbonyl (C=O) groups excluding carboxylic acids is 2. The Kier molecular flexibility index (Phi) is 6.66. The number of nitrogens with one attached hydrogen (secondary N) is 2. The zero-order valence-electron chi connectivity index (χ0n) is 15.1. The molecule has 0 saturated heterocycles. The molecule has 0 atom stereocenters. The van der Waals surface area contributed by atoms with Gasteiger partial charge in [0.15, 0.2) is 0 Å². The molecule has 0 aliphatic heterocycles. The van der Waals surface area contributed by atoms with Crippen LogP contribution in [0.3, 0.4) is 0 Å². The molecule has 0 radical (unpaired) electrons. The van der Waals surface area contributed by atoms with Crippen LogP contribution >= 0.6 is 11.6 Å². The molecule has 2 amide bonds. The molecule has 1 saturated carbocycles. The smallest absolute Gasteiger partial charge is 0.253 e. The summed E-state index contributed by atoms with van der Waals surface area (Å²) in [5, 5.41) is 6.20. The molecule has 0 heterocycles. The SMILES string of the molecule is O=C(C=Cc1ccccc1)Nc1ccc(Cl)c(C(=O)NC2CCCCC2)c1. The number of halogens is 1. The molecule has 1 fully saturated rings. The topological polar surface area (TPSA) is 58.2 Å². The number of amides is 2. The minimum atomic E-state index is -0.264. The van der Waals surface area contributed by atoms with E-state index in [0.29, 0.717) is 16.3 Å². The zero-order chi connectivity index (χ0) is 19.1. The van der Waals surface area contributed by atoms with Crippen LogP contribution in [0.4, 0.5) is 5.69 Å². The largest absolute Gasteiger partial charge is 0.349 e. The fourth-order valence-corrected chi connectivity index (χ4v) is 3.41. The van der Waals surface area contributed by atoms with Gasteiger partial charge in [-0.05, 0) is 42.7 Å². The predicted octanol–water partition coefficient (Wildman–Crippen LogP) is 5.05. The van der Waals surface area contributed by atoms with E-state index in [-0.39, 0.29) is 17.9 Å². The highest BCUT2D eigenvalue weighted by atomic mass is 35.5. The van der Waals surface area contributed by atoms with Gasteiger partial charge < -0.3 is 10.6 Å². The molecule has 2 aromatic rings. The summed E-state index contributed by atoms with van der Waals surface area (Å²) in [5.74, 6) is -0.456. The highest BCUT2D eigenvalue weighted by Gasteiger charge is 2.18. The van der Waals surface area contributed by atoms with E-state index in [4.69, 9.17) is 11.6 Å². The lowest BCUT2D eigenvalue weighted by molar-refractivity contribution is -0.111. The second-order valence-electron chi connectivity index (χ2n) is 6.74. The summed E-state index contributed by atoms with van der Waals surface area (Å²) in [6, 6.07) is 14.7. The normalized spacial score (nSPS) is 14.9. The third-order valence-electron chi connectivity index (χ3n) is 4.65. The van der Waals surface area contributed by atoms with Crippen molar-refractivity contribution in [1.29, 1.82) is 0 Å². The molecule has 1 aliphatic carbocycles. The lowest BCUT2D eigenvalue weighted by Gasteiger charge is -2.23. The highest BCUT2D eigenvalue weighted by Crippen LogP contribution is 2.23. The molecule has 2 N–H and O–H groups in total. The third-order valence-corrected chi connectivity index (χ3v) is 4.98. The van der Waals surface area contributed by atoms with Crippen molar-refractivity contribution in [3.05, 3.63) is 70.8 Å². The monoisotopic (exact) mass is 382 g/mol. The molecule has 4 nitrogen and oxygen atoms in total. The van der Waals surface area contributed by atoms with Gasteiger partial charge in [-0.3, -0.25) is 9.59 Å². The quantitative estimate of drug-likeness (QED) is 0.710. The maximum absolute atomic E-state index is 12.6. The minimum Gasteiger partial charge on any atom is -0.349 e. The van der Waals surface area contributed by atoms with E-state index in [2.05, 4.69) is 10.6 Å². The Bertz CT molecular complexity index is 827. The average molecular weight is 383 g/mol. The number of rotatable bonds is 5. The van der Waals surface area contributed by atoms with E-state index >= 15 is 0 Å². The number of benzene rings is 2. The molecule has 2 aromatic carbocycles. The molecular weight excluding hydrogens is 360 g/mol. The van der Waals surface area contributed by atoms with Crippen molar-refractivity contribution in [2.75, 3.05) is 5.32 Å². The van der Waals surface area contributed by atoms with E-state index in [1.165, 1.54) is 12.5 Å². The first kappa shape index (κ1) is 19.2. The van der Waals surface area contributed by atoms with Gasteiger partial charge >= 0.3 is 0 Å². The lowest BCUT2D eigenvalue weighted by Crippen LogP contribution is -2.36. The Labute approximate surface area is 164 Å². The number of carbonyl (C=O) groups is 2. The van der Waals surface area contributed by atoms with Crippen molar-refractivity contribution < 1.29 is 9.59 Å². The van der Waals surface area contributed by atoms with Crippen LogP contribution < -0.4 is 10.6 Å². The first-order chi connectivity index (χ1) is 13.1. The third kappa shape index (κ3) is 5.69. The Hall–Kier alpha value is -2.59. The average Bonchev–Trinajstić information content (AvgIpc) is 2.69. The van der Waals surface area contributed by atoms with E-state index in [9.17, 15) is 9.59 Å². The standard InChI is InChI=1S/C22H23ClN2O2/c23-20-13-12-18(24-21(26)14-11-16-7-3-1-4-8-16)15-19(20)22(27)25-17-9-5-2-6-10-17/h1,3-4,7-8,11-15,17H,2,5-6,9-10H2,(H,24,26)(H,25,27). The molecule has 3 rings (SSSR count). The van der Waals surface area contributed by atoms with Gasteiger partial charge in [-0.2, -0.15) is 0 Å². The van der Waals surface area contributed by atoms with E-state index in [1.807, 2.05) is 30.3 Å². The zero-order valence-corrected chi connectivity index (χ0v) is 15.8. The van der Waals surface area contributed by atoms with Crippen molar-refractivity contribution in [3.63, 3.8) is 0 Å². The predicted molar refractivity (Wildman–Crippen MR) is 110 cm³/mol. The second-order valence-corrected chi connectivity index (χ2v) is 7.14. The molecule has 140 valence electrons. The summed E-state index contributed by atoms with van der Waals surface area (Å²) in [7, 11) is 0. The first-order valence-electron chi connectivity index (χ1n) is 9.26. The van der Waals surface area contributed by atoms with Crippen LogP contribution in [0.2, 0.25) is 5.02 Å². The Morgan fingerprint density at radius 2 is 1.74 bits per heavy atom. The van der Waals surface area contributed by atoms with Gasteiger partial charge in [0, 0.05) is 17.8 Å². The molecule has 5 heteroatoms. The minimum absolute atomic E-state index is 0.192.